The third-order valence-corrected chi connectivity index (χ3v) is 4.22. The topological polar surface area (TPSA) is 92.3 Å². The first kappa shape index (κ1) is 15.9. The van der Waals surface area contributed by atoms with Gasteiger partial charge in [0.05, 0.1) is 23.0 Å². The lowest BCUT2D eigenvalue weighted by Crippen LogP contribution is -2.16. The number of carbonyl (C=O) groups is 1. The van der Waals surface area contributed by atoms with Crippen molar-refractivity contribution in [1.29, 1.82) is 0 Å². The molecule has 1 aromatic heterocycles. The molecule has 1 N–H and O–H groups in total. The Morgan fingerprint density at radius 2 is 1.82 bits per heavy atom. The first-order valence-electron chi connectivity index (χ1n) is 6.43. The number of sulfonamides is 1. The lowest BCUT2D eigenvalue weighted by Gasteiger charge is -2.11. The molecule has 0 unspecified atom stereocenters. The molecule has 2 rings (SSSR count). The molecule has 8 heteroatoms. The Hall–Kier alpha value is -2.48. The summed E-state index contributed by atoms with van der Waals surface area (Å²) in [5.74, 6) is 0.275. The van der Waals surface area contributed by atoms with Crippen LogP contribution in [0.3, 0.4) is 0 Å². The summed E-state index contributed by atoms with van der Waals surface area (Å²) < 4.78 is 27.0. The highest BCUT2D eigenvalue weighted by Gasteiger charge is 2.16. The highest BCUT2D eigenvalue weighted by molar-refractivity contribution is 7.92. The Kier molecular flexibility index (Phi) is 4.41. The van der Waals surface area contributed by atoms with Crippen LogP contribution in [0.2, 0.25) is 0 Å². The lowest BCUT2D eigenvalue weighted by atomic mass is 10.2. The van der Waals surface area contributed by atoms with Crippen molar-refractivity contribution in [2.45, 2.75) is 11.8 Å². The van der Waals surface area contributed by atoms with Gasteiger partial charge in [-0.25, -0.2) is 18.4 Å². The number of hydrogen-bond donors (Lipinski definition) is 1. The van der Waals surface area contributed by atoms with Gasteiger partial charge in [-0.3, -0.25) is 9.52 Å². The van der Waals surface area contributed by atoms with Crippen LogP contribution in [-0.2, 0) is 10.0 Å². The van der Waals surface area contributed by atoms with E-state index in [1.165, 1.54) is 37.5 Å². The molecule has 0 saturated heterocycles. The molecule has 0 fully saturated rings. The van der Waals surface area contributed by atoms with E-state index in [2.05, 4.69) is 14.7 Å². The standard InChI is InChI=1S/C14H16N4O3S/c1-10(19)11-5-4-6-13(7-11)22(20,21)17-12-8-15-14(16-9-12)18(2)3/h4-9,17H,1-3H3. The van der Waals surface area contributed by atoms with Crippen LogP contribution >= 0.6 is 0 Å². The molecule has 0 aliphatic carbocycles. The van der Waals surface area contributed by atoms with Crippen LogP contribution in [0, 0.1) is 0 Å². The van der Waals surface area contributed by atoms with Gasteiger partial charge in [-0.05, 0) is 19.1 Å². The molecule has 0 saturated carbocycles. The van der Waals surface area contributed by atoms with Crippen molar-refractivity contribution < 1.29 is 13.2 Å². The number of carbonyl (C=O) groups excluding carboxylic acids is 1. The summed E-state index contributed by atoms with van der Waals surface area (Å²) in [6, 6.07) is 5.84. The fraction of sp³-hybridized carbons (Fsp3) is 0.214. The van der Waals surface area contributed by atoms with E-state index >= 15 is 0 Å². The smallest absolute Gasteiger partial charge is 0.262 e. The number of rotatable bonds is 5. The van der Waals surface area contributed by atoms with Crippen LogP contribution in [0.4, 0.5) is 11.6 Å². The molecule has 0 amide bonds. The van der Waals surface area contributed by atoms with Gasteiger partial charge in [-0.1, -0.05) is 12.1 Å². The molecule has 0 bridgehead atoms. The summed E-state index contributed by atoms with van der Waals surface area (Å²) in [6.07, 6.45) is 2.77. The Morgan fingerprint density at radius 3 is 2.36 bits per heavy atom. The minimum atomic E-state index is -3.80. The first-order chi connectivity index (χ1) is 10.3. The Bertz CT molecular complexity index is 786. The van der Waals surface area contributed by atoms with E-state index in [0.717, 1.165) is 0 Å². The molecule has 22 heavy (non-hydrogen) atoms. The maximum absolute atomic E-state index is 12.3. The molecule has 0 aliphatic rings. The third kappa shape index (κ3) is 3.59. The maximum Gasteiger partial charge on any atom is 0.262 e. The minimum absolute atomic E-state index is 0.0110. The molecule has 1 aromatic carbocycles. The zero-order chi connectivity index (χ0) is 16.3. The van der Waals surface area contributed by atoms with E-state index in [1.807, 2.05) is 0 Å². The van der Waals surface area contributed by atoms with Crippen LogP contribution < -0.4 is 9.62 Å². The zero-order valence-electron chi connectivity index (χ0n) is 12.4. The van der Waals surface area contributed by atoms with Crippen LogP contribution in [0.25, 0.3) is 0 Å². The number of Topliss-reactive ketones (excluding diaryl/α,β-unsaturated/α-hetero) is 1. The number of nitrogens with one attached hydrogen (secondary N) is 1. The molecule has 0 atom stereocenters. The average molecular weight is 320 g/mol. The van der Waals surface area contributed by atoms with Crippen LogP contribution in [0.5, 0.6) is 0 Å². The van der Waals surface area contributed by atoms with Crippen LogP contribution in [0.15, 0.2) is 41.6 Å². The van der Waals surface area contributed by atoms with E-state index in [0.29, 0.717) is 11.5 Å². The van der Waals surface area contributed by atoms with Gasteiger partial charge in [0.15, 0.2) is 5.78 Å². The third-order valence-electron chi connectivity index (χ3n) is 2.84. The molecule has 0 spiro atoms. The van der Waals surface area contributed by atoms with Crippen molar-refractivity contribution in [1.82, 2.24) is 9.97 Å². The van der Waals surface area contributed by atoms with Gasteiger partial charge in [0.1, 0.15) is 0 Å². The minimum Gasteiger partial charge on any atom is -0.347 e. The summed E-state index contributed by atoms with van der Waals surface area (Å²) in [4.78, 5) is 21.1. The Morgan fingerprint density at radius 1 is 1.18 bits per heavy atom. The Labute approximate surface area is 129 Å². The summed E-state index contributed by atoms with van der Waals surface area (Å²) >= 11 is 0. The molecular formula is C14H16N4O3S. The second kappa shape index (κ2) is 6.10. The predicted molar refractivity (Wildman–Crippen MR) is 83.6 cm³/mol. The largest absolute Gasteiger partial charge is 0.347 e. The van der Waals surface area contributed by atoms with Gasteiger partial charge in [-0.15, -0.1) is 0 Å². The SMILES string of the molecule is CC(=O)c1cccc(S(=O)(=O)Nc2cnc(N(C)C)nc2)c1. The summed E-state index contributed by atoms with van der Waals surface area (Å²) in [5, 5.41) is 0. The van der Waals surface area contributed by atoms with Gasteiger partial charge in [0, 0.05) is 19.7 Å². The van der Waals surface area contributed by atoms with E-state index in [4.69, 9.17) is 0 Å². The van der Waals surface area contributed by atoms with Gasteiger partial charge in [0.25, 0.3) is 10.0 Å². The molecule has 0 radical (unpaired) electrons. The van der Waals surface area contributed by atoms with E-state index in [9.17, 15) is 13.2 Å². The van der Waals surface area contributed by atoms with Crippen molar-refractivity contribution in [2.75, 3.05) is 23.7 Å². The number of benzene rings is 1. The Balaban J connectivity index is 2.27. The van der Waals surface area contributed by atoms with Gasteiger partial charge in [-0.2, -0.15) is 0 Å². The summed E-state index contributed by atoms with van der Waals surface area (Å²) in [7, 11) is -0.230. The van der Waals surface area contributed by atoms with Crippen molar-refractivity contribution >= 4 is 27.4 Å². The fourth-order valence-corrected chi connectivity index (χ4v) is 2.77. The maximum atomic E-state index is 12.3. The number of hydrogen-bond acceptors (Lipinski definition) is 6. The molecule has 0 aliphatic heterocycles. The number of ketones is 1. The van der Waals surface area contributed by atoms with Crippen molar-refractivity contribution in [2.24, 2.45) is 0 Å². The van der Waals surface area contributed by atoms with Crippen molar-refractivity contribution in [3.63, 3.8) is 0 Å². The van der Waals surface area contributed by atoms with Gasteiger partial charge >= 0.3 is 0 Å². The average Bonchev–Trinajstić information content (AvgIpc) is 2.47. The van der Waals surface area contributed by atoms with Crippen molar-refractivity contribution in [3.05, 3.63) is 42.2 Å². The second-order valence-corrected chi connectivity index (χ2v) is 6.54. The highest BCUT2D eigenvalue weighted by atomic mass is 32.2. The normalized spacial score (nSPS) is 11.0. The van der Waals surface area contributed by atoms with Gasteiger partial charge in [0.2, 0.25) is 5.95 Å². The molecule has 1 heterocycles. The van der Waals surface area contributed by atoms with E-state index in [-0.39, 0.29) is 16.4 Å². The van der Waals surface area contributed by atoms with Crippen LogP contribution in [-0.4, -0.2) is 38.3 Å². The summed E-state index contributed by atoms with van der Waals surface area (Å²) in [5.41, 5.74) is 0.584. The van der Waals surface area contributed by atoms with E-state index in [1.54, 1.807) is 25.1 Å². The lowest BCUT2D eigenvalue weighted by molar-refractivity contribution is 0.101. The number of aromatic nitrogens is 2. The number of nitrogens with zero attached hydrogens (tertiary/aromatic N) is 3. The quantitative estimate of drug-likeness (QED) is 0.840. The molecule has 7 nitrogen and oxygen atoms in total. The summed E-state index contributed by atoms with van der Waals surface area (Å²) in [6.45, 7) is 1.38. The zero-order valence-corrected chi connectivity index (χ0v) is 13.3. The predicted octanol–water partition coefficient (Wildman–Crippen LogP) is 1.55. The first-order valence-corrected chi connectivity index (χ1v) is 7.91. The van der Waals surface area contributed by atoms with Gasteiger partial charge < -0.3 is 4.90 Å². The molecule has 116 valence electrons. The number of anilines is 2. The second-order valence-electron chi connectivity index (χ2n) is 4.86. The van der Waals surface area contributed by atoms with Crippen LogP contribution in [0.1, 0.15) is 17.3 Å². The monoisotopic (exact) mass is 320 g/mol. The molecular weight excluding hydrogens is 304 g/mol. The van der Waals surface area contributed by atoms with E-state index < -0.39 is 10.0 Å². The fourth-order valence-electron chi connectivity index (χ4n) is 1.70. The molecule has 2 aromatic rings. The van der Waals surface area contributed by atoms with Crippen molar-refractivity contribution in [3.8, 4) is 0 Å². The highest BCUT2D eigenvalue weighted by Crippen LogP contribution is 2.17.